The van der Waals surface area contributed by atoms with Crippen molar-refractivity contribution in [1.82, 2.24) is 0 Å². The first kappa shape index (κ1) is 28.0. The van der Waals surface area contributed by atoms with Gasteiger partial charge >= 0.3 is 11.9 Å². The lowest BCUT2D eigenvalue weighted by atomic mass is 10.0. The summed E-state index contributed by atoms with van der Waals surface area (Å²) in [7, 11) is -2.71. The Labute approximate surface area is 212 Å². The van der Waals surface area contributed by atoms with Gasteiger partial charge in [0.15, 0.2) is 5.22 Å². The molecule has 2 atom stereocenters. The Morgan fingerprint density at radius 3 is 2.18 bits per heavy atom. The van der Waals surface area contributed by atoms with Crippen LogP contribution < -0.4 is 0 Å². The first-order valence-corrected chi connectivity index (χ1v) is 15.1. The molecule has 5 nitrogen and oxygen atoms in total. The zero-order valence-electron chi connectivity index (χ0n) is 20.8. The lowest BCUT2D eigenvalue weighted by Crippen LogP contribution is -2.67. The molecule has 0 unspecified atom stereocenters. The first-order chi connectivity index (χ1) is 15.8. The number of aliphatic hydroxyl groups is 1. The zero-order valence-corrected chi connectivity index (χ0v) is 23.4. The zero-order chi connectivity index (χ0) is 25.6. The fourth-order valence-electron chi connectivity index (χ4n) is 3.59. The second-order valence-corrected chi connectivity index (χ2v) is 16.4. The molecule has 34 heavy (non-hydrogen) atoms. The maximum absolute atomic E-state index is 13.4. The fourth-order valence-corrected chi connectivity index (χ4v) is 6.95. The van der Waals surface area contributed by atoms with Gasteiger partial charge < -0.3 is 14.6 Å². The van der Waals surface area contributed by atoms with Crippen molar-refractivity contribution < 1.29 is 24.2 Å². The Balaban J connectivity index is 2.22. The van der Waals surface area contributed by atoms with Crippen LogP contribution in [0.3, 0.4) is 0 Å². The van der Waals surface area contributed by atoms with Crippen molar-refractivity contribution in [2.24, 2.45) is 5.92 Å². The van der Waals surface area contributed by atoms with Crippen LogP contribution >= 0.6 is 15.9 Å². The fraction of sp³-hybridized carbons (Fsp3) is 0.407. The summed E-state index contributed by atoms with van der Waals surface area (Å²) in [5, 5.41) is 9.88. The van der Waals surface area contributed by atoms with Gasteiger partial charge in [-0.15, -0.1) is 0 Å². The molecule has 0 saturated carbocycles. The Morgan fingerprint density at radius 2 is 1.59 bits per heavy atom. The van der Waals surface area contributed by atoms with Crippen molar-refractivity contribution in [3.63, 3.8) is 0 Å². The van der Waals surface area contributed by atoms with E-state index in [1.54, 1.807) is 13.0 Å². The molecular weight excluding hydrogens is 512 g/mol. The lowest BCUT2D eigenvalue weighted by Gasteiger charge is -2.49. The van der Waals surface area contributed by atoms with Crippen molar-refractivity contribution in [2.75, 3.05) is 0 Å². The Kier molecular flexibility index (Phi) is 9.45. The number of rotatable bonds is 9. The number of halogens is 1. The van der Waals surface area contributed by atoms with Gasteiger partial charge in [-0.25, -0.2) is 9.59 Å². The molecule has 0 spiro atoms. The van der Waals surface area contributed by atoms with Gasteiger partial charge in [0.2, 0.25) is 0 Å². The van der Waals surface area contributed by atoms with Gasteiger partial charge in [0.05, 0.1) is 0 Å². The largest absolute Gasteiger partial charge is 0.459 e. The molecule has 2 rings (SSSR count). The Morgan fingerprint density at radius 1 is 1.00 bits per heavy atom. The third kappa shape index (κ3) is 6.46. The van der Waals surface area contributed by atoms with Crippen LogP contribution in [0.1, 0.15) is 38.8 Å². The summed E-state index contributed by atoms with van der Waals surface area (Å²) in [5.41, 5.74) is 1.69. The van der Waals surface area contributed by atoms with E-state index in [1.165, 1.54) is 6.08 Å². The minimum atomic E-state index is -2.71. The molecule has 0 aromatic heterocycles. The second kappa shape index (κ2) is 11.5. The van der Waals surface area contributed by atoms with E-state index in [4.69, 9.17) is 9.47 Å². The van der Waals surface area contributed by atoms with Gasteiger partial charge in [-0.3, -0.25) is 0 Å². The SMILES string of the molecule is C[C@H](/C=C/C(=O)OCc1ccccc1)[C@](O)(C(=O)OCc1ccccc1Br)[Si](C)(C)C(C)(C)C. The van der Waals surface area contributed by atoms with Crippen molar-refractivity contribution in [3.8, 4) is 0 Å². The summed E-state index contributed by atoms with van der Waals surface area (Å²) in [5.74, 6) is -1.87. The van der Waals surface area contributed by atoms with Crippen LogP contribution in [0.4, 0.5) is 0 Å². The molecule has 0 aliphatic carbocycles. The number of hydrogen-bond donors (Lipinski definition) is 1. The Bertz CT molecular complexity index is 1010. The number of carbonyl (C=O) groups is 2. The normalized spacial score (nSPS) is 14.9. The summed E-state index contributed by atoms with van der Waals surface area (Å²) in [6.07, 6.45) is 2.83. The molecule has 0 amide bonds. The third-order valence-electron chi connectivity index (χ3n) is 6.86. The molecule has 0 aliphatic rings. The van der Waals surface area contributed by atoms with Gasteiger partial charge in [-0.05, 0) is 16.7 Å². The van der Waals surface area contributed by atoms with Crippen LogP contribution in [-0.4, -0.2) is 30.3 Å². The summed E-state index contributed by atoms with van der Waals surface area (Å²) in [4.78, 5) is 25.7. The monoisotopic (exact) mass is 546 g/mol. The summed E-state index contributed by atoms with van der Waals surface area (Å²) >= 11 is 3.46. The molecular formula is C27H35BrO5Si. The number of hydrogen-bond acceptors (Lipinski definition) is 5. The van der Waals surface area contributed by atoms with E-state index in [0.717, 1.165) is 15.6 Å². The number of benzene rings is 2. The molecule has 2 aromatic rings. The van der Waals surface area contributed by atoms with Crippen LogP contribution in [0, 0.1) is 5.92 Å². The second-order valence-electron chi connectivity index (χ2n) is 10.1. The van der Waals surface area contributed by atoms with E-state index in [9.17, 15) is 14.7 Å². The predicted octanol–water partition coefficient (Wildman–Crippen LogP) is 6.21. The minimum absolute atomic E-state index is 0.0345. The van der Waals surface area contributed by atoms with Crippen LogP contribution in [0.2, 0.25) is 18.1 Å². The molecule has 0 fully saturated rings. The highest BCUT2D eigenvalue weighted by molar-refractivity contribution is 9.10. The molecule has 0 heterocycles. The van der Waals surface area contributed by atoms with Crippen LogP contribution in [0.15, 0.2) is 71.2 Å². The highest BCUT2D eigenvalue weighted by Crippen LogP contribution is 2.46. The van der Waals surface area contributed by atoms with Crippen LogP contribution in [-0.2, 0) is 32.3 Å². The topological polar surface area (TPSA) is 72.8 Å². The van der Waals surface area contributed by atoms with Gasteiger partial charge in [-0.1, -0.05) is 111 Å². The molecule has 1 N–H and O–H groups in total. The molecule has 2 aromatic carbocycles. The minimum Gasteiger partial charge on any atom is -0.459 e. The van der Waals surface area contributed by atoms with Gasteiger partial charge in [0, 0.05) is 22.0 Å². The van der Waals surface area contributed by atoms with Crippen LogP contribution in [0.5, 0.6) is 0 Å². The van der Waals surface area contributed by atoms with Crippen molar-refractivity contribution >= 4 is 35.9 Å². The molecule has 184 valence electrons. The Hall–Kier alpha value is -2.22. The predicted molar refractivity (Wildman–Crippen MR) is 141 cm³/mol. The van der Waals surface area contributed by atoms with E-state index in [2.05, 4.69) is 15.9 Å². The van der Waals surface area contributed by atoms with Crippen molar-refractivity contribution in [1.29, 1.82) is 0 Å². The van der Waals surface area contributed by atoms with Gasteiger partial charge in [0.25, 0.3) is 0 Å². The quantitative estimate of drug-likeness (QED) is 0.230. The van der Waals surface area contributed by atoms with Gasteiger partial charge in [0.1, 0.15) is 21.3 Å². The molecule has 0 bridgehead atoms. The number of ether oxygens (including phenoxy) is 2. The summed E-state index contributed by atoms with van der Waals surface area (Å²) in [6.45, 7) is 11.9. The van der Waals surface area contributed by atoms with Crippen molar-refractivity contribution in [2.45, 2.75) is 64.3 Å². The molecule has 0 saturated heterocycles. The standard InChI is InChI=1S/C27H35BrO5Si/c1-20(16-17-24(29)32-18-21-12-8-7-9-13-21)27(31,34(5,6)26(2,3)4)25(30)33-19-22-14-10-11-15-23(22)28/h7-17,20,31H,18-19H2,1-6H3/b17-16+/t20-,27-/m1/s1. The van der Waals surface area contributed by atoms with E-state index in [0.29, 0.717) is 0 Å². The van der Waals surface area contributed by atoms with E-state index >= 15 is 0 Å². The maximum atomic E-state index is 13.4. The van der Waals surface area contributed by atoms with E-state index < -0.39 is 31.2 Å². The maximum Gasteiger partial charge on any atom is 0.335 e. The highest BCUT2D eigenvalue weighted by Gasteiger charge is 2.60. The smallest absolute Gasteiger partial charge is 0.335 e. The highest BCUT2D eigenvalue weighted by atomic mass is 79.9. The van der Waals surface area contributed by atoms with Crippen molar-refractivity contribution in [3.05, 3.63) is 82.3 Å². The number of carbonyl (C=O) groups excluding carboxylic acids is 2. The van der Waals surface area contributed by atoms with Crippen LogP contribution in [0.25, 0.3) is 0 Å². The molecule has 0 radical (unpaired) electrons. The average Bonchev–Trinajstić information content (AvgIpc) is 2.79. The number of esters is 2. The first-order valence-electron chi connectivity index (χ1n) is 11.3. The molecule has 0 aliphatic heterocycles. The van der Waals surface area contributed by atoms with E-state index in [1.807, 2.05) is 88.5 Å². The summed E-state index contributed by atoms with van der Waals surface area (Å²) in [6, 6.07) is 16.9. The molecule has 7 heteroatoms. The van der Waals surface area contributed by atoms with E-state index in [-0.39, 0.29) is 18.3 Å². The van der Waals surface area contributed by atoms with Gasteiger partial charge in [-0.2, -0.15) is 0 Å². The summed E-state index contributed by atoms with van der Waals surface area (Å²) < 4.78 is 11.8. The lowest BCUT2D eigenvalue weighted by molar-refractivity contribution is -0.162. The average molecular weight is 548 g/mol. The third-order valence-corrected chi connectivity index (χ3v) is 13.9.